The van der Waals surface area contributed by atoms with Crippen LogP contribution in [-0.4, -0.2) is 36.1 Å². The predicted octanol–water partition coefficient (Wildman–Crippen LogP) is 1.33. The molecule has 2 atom stereocenters. The highest BCUT2D eigenvalue weighted by molar-refractivity contribution is 5.92. The molecule has 116 valence electrons. The van der Waals surface area contributed by atoms with Crippen molar-refractivity contribution in [2.45, 2.75) is 51.3 Å². The number of furan rings is 1. The molecule has 1 aliphatic heterocycles. The van der Waals surface area contributed by atoms with E-state index in [9.17, 15) is 4.79 Å². The summed E-state index contributed by atoms with van der Waals surface area (Å²) in [5, 5.41) is 0. The van der Waals surface area contributed by atoms with Crippen molar-refractivity contribution in [1.29, 1.82) is 0 Å². The predicted molar refractivity (Wildman–Crippen MR) is 77.5 cm³/mol. The van der Waals surface area contributed by atoms with Crippen molar-refractivity contribution in [2.75, 3.05) is 13.2 Å². The minimum atomic E-state index is -0.378. The fraction of sp³-hybridized carbons (Fsp3) is 0.667. The molecule has 3 rings (SSSR count). The van der Waals surface area contributed by atoms with E-state index in [1.807, 2.05) is 13.0 Å². The van der Waals surface area contributed by atoms with E-state index in [1.54, 1.807) is 0 Å². The fourth-order valence-electron chi connectivity index (χ4n) is 3.49. The third-order valence-corrected chi connectivity index (χ3v) is 4.51. The zero-order valence-corrected chi connectivity index (χ0v) is 12.4. The van der Waals surface area contributed by atoms with Gasteiger partial charge in [-0.05, 0) is 25.8 Å². The molecular weight excluding hydrogens is 270 g/mol. The smallest absolute Gasteiger partial charge is 0.301 e. The van der Waals surface area contributed by atoms with Crippen LogP contribution in [0.2, 0.25) is 0 Å². The van der Waals surface area contributed by atoms with E-state index in [4.69, 9.17) is 15.0 Å². The molecule has 2 unspecified atom stereocenters. The van der Waals surface area contributed by atoms with E-state index in [1.165, 1.54) is 19.3 Å². The molecular formula is C15H23N3O3. The lowest BCUT2D eigenvalue weighted by molar-refractivity contribution is -0.0926. The SMILES string of the molecule is Cc1cc(CN2CCOC3CCCCC32)oc1C(=O)NN. The zero-order chi connectivity index (χ0) is 14.8. The number of hydrazine groups is 1. The van der Waals surface area contributed by atoms with Gasteiger partial charge in [0.15, 0.2) is 5.76 Å². The van der Waals surface area contributed by atoms with Crippen LogP contribution in [0.1, 0.15) is 47.6 Å². The van der Waals surface area contributed by atoms with Crippen LogP contribution in [0.15, 0.2) is 10.5 Å². The average Bonchev–Trinajstić information content (AvgIpc) is 2.87. The second-order valence-corrected chi connectivity index (χ2v) is 5.93. The van der Waals surface area contributed by atoms with E-state index in [2.05, 4.69) is 10.3 Å². The number of aryl methyl sites for hydroxylation is 1. The molecule has 1 saturated carbocycles. The molecule has 6 nitrogen and oxygen atoms in total. The van der Waals surface area contributed by atoms with Gasteiger partial charge in [0, 0.05) is 18.2 Å². The number of hydrogen-bond acceptors (Lipinski definition) is 5. The molecule has 1 aromatic rings. The van der Waals surface area contributed by atoms with E-state index < -0.39 is 0 Å². The second kappa shape index (κ2) is 6.17. The Bertz CT molecular complexity index is 512. The van der Waals surface area contributed by atoms with Crippen LogP contribution in [0, 0.1) is 6.92 Å². The van der Waals surface area contributed by atoms with Crippen molar-refractivity contribution < 1.29 is 13.9 Å². The van der Waals surface area contributed by atoms with Gasteiger partial charge in [-0.3, -0.25) is 15.1 Å². The first-order valence-electron chi connectivity index (χ1n) is 7.65. The number of nitrogen functional groups attached to an aromatic ring is 1. The molecule has 0 bridgehead atoms. The van der Waals surface area contributed by atoms with Gasteiger partial charge in [0.1, 0.15) is 5.76 Å². The van der Waals surface area contributed by atoms with Crippen LogP contribution in [0.5, 0.6) is 0 Å². The minimum absolute atomic E-state index is 0.306. The highest BCUT2D eigenvalue weighted by Crippen LogP contribution is 2.30. The number of hydrogen-bond donors (Lipinski definition) is 2. The monoisotopic (exact) mass is 293 g/mol. The molecule has 2 aliphatic rings. The molecule has 0 radical (unpaired) electrons. The van der Waals surface area contributed by atoms with E-state index in [-0.39, 0.29) is 5.91 Å². The van der Waals surface area contributed by atoms with Crippen LogP contribution < -0.4 is 11.3 Å². The number of nitrogens with one attached hydrogen (secondary N) is 1. The van der Waals surface area contributed by atoms with Crippen LogP contribution >= 0.6 is 0 Å². The number of fused-ring (bicyclic) bond motifs is 1. The summed E-state index contributed by atoms with van der Waals surface area (Å²) in [5.41, 5.74) is 2.94. The largest absolute Gasteiger partial charge is 0.454 e. The van der Waals surface area contributed by atoms with Gasteiger partial charge in [0.25, 0.3) is 0 Å². The standard InChI is InChI=1S/C15H23N3O3/c1-10-8-11(21-14(10)15(19)17-16)9-18-6-7-20-13-5-3-2-4-12(13)18/h8,12-13H,2-7,9,16H2,1H3,(H,17,19). The summed E-state index contributed by atoms with van der Waals surface area (Å²) in [5.74, 6) is 5.91. The number of carbonyl (C=O) groups is 1. The Labute approximate surface area is 124 Å². The van der Waals surface area contributed by atoms with Crippen LogP contribution in [0.25, 0.3) is 0 Å². The van der Waals surface area contributed by atoms with Gasteiger partial charge in [-0.15, -0.1) is 0 Å². The molecule has 2 fully saturated rings. The van der Waals surface area contributed by atoms with Gasteiger partial charge < -0.3 is 9.15 Å². The fourth-order valence-corrected chi connectivity index (χ4v) is 3.49. The third-order valence-electron chi connectivity index (χ3n) is 4.51. The Morgan fingerprint density at radius 2 is 2.29 bits per heavy atom. The maximum absolute atomic E-state index is 11.6. The molecule has 21 heavy (non-hydrogen) atoms. The molecule has 1 aromatic heterocycles. The number of nitrogens with zero attached hydrogens (tertiary/aromatic N) is 1. The first-order valence-corrected chi connectivity index (χ1v) is 7.65. The van der Waals surface area contributed by atoms with Gasteiger partial charge in [0.05, 0.1) is 19.3 Å². The first-order chi connectivity index (χ1) is 10.2. The lowest BCUT2D eigenvalue weighted by atomic mass is 9.90. The molecule has 1 amide bonds. The van der Waals surface area contributed by atoms with E-state index in [0.29, 0.717) is 17.9 Å². The van der Waals surface area contributed by atoms with Gasteiger partial charge in [0.2, 0.25) is 0 Å². The van der Waals surface area contributed by atoms with Gasteiger partial charge >= 0.3 is 5.91 Å². The lowest BCUT2D eigenvalue weighted by Crippen LogP contribution is -2.52. The summed E-state index contributed by atoms with van der Waals surface area (Å²) >= 11 is 0. The molecule has 1 saturated heterocycles. The maximum Gasteiger partial charge on any atom is 0.301 e. The van der Waals surface area contributed by atoms with Crippen LogP contribution in [0.3, 0.4) is 0 Å². The van der Waals surface area contributed by atoms with Gasteiger partial charge in [-0.1, -0.05) is 12.8 Å². The number of carbonyl (C=O) groups excluding carboxylic acids is 1. The molecule has 2 heterocycles. The summed E-state index contributed by atoms with van der Waals surface area (Å²) < 4.78 is 11.6. The van der Waals surface area contributed by atoms with E-state index >= 15 is 0 Å². The van der Waals surface area contributed by atoms with Crippen molar-refractivity contribution >= 4 is 5.91 Å². The normalized spacial score (nSPS) is 26.4. The lowest BCUT2D eigenvalue weighted by Gasteiger charge is -2.43. The Morgan fingerprint density at radius 1 is 1.48 bits per heavy atom. The average molecular weight is 293 g/mol. The van der Waals surface area contributed by atoms with E-state index in [0.717, 1.165) is 37.4 Å². The summed E-state index contributed by atoms with van der Waals surface area (Å²) in [6.45, 7) is 4.28. The highest BCUT2D eigenvalue weighted by Gasteiger charge is 2.34. The first kappa shape index (κ1) is 14.6. The summed E-state index contributed by atoms with van der Waals surface area (Å²) in [4.78, 5) is 14.0. The Balaban J connectivity index is 1.72. The topological polar surface area (TPSA) is 80.7 Å². The van der Waals surface area contributed by atoms with Crippen molar-refractivity contribution in [1.82, 2.24) is 10.3 Å². The minimum Gasteiger partial charge on any atom is -0.454 e. The van der Waals surface area contributed by atoms with Gasteiger partial charge in [-0.25, -0.2) is 5.84 Å². The van der Waals surface area contributed by atoms with Crippen LogP contribution in [0.4, 0.5) is 0 Å². The second-order valence-electron chi connectivity index (χ2n) is 5.93. The molecule has 0 aromatic carbocycles. The number of rotatable bonds is 3. The van der Waals surface area contributed by atoms with Gasteiger partial charge in [-0.2, -0.15) is 0 Å². The number of ether oxygens (including phenoxy) is 1. The summed E-state index contributed by atoms with van der Waals surface area (Å²) in [7, 11) is 0. The zero-order valence-electron chi connectivity index (χ0n) is 12.4. The van der Waals surface area contributed by atoms with Crippen molar-refractivity contribution in [3.05, 3.63) is 23.2 Å². The maximum atomic E-state index is 11.6. The molecule has 6 heteroatoms. The highest BCUT2D eigenvalue weighted by atomic mass is 16.5. The number of amides is 1. The summed E-state index contributed by atoms with van der Waals surface area (Å²) in [6, 6.07) is 2.41. The van der Waals surface area contributed by atoms with Crippen LogP contribution in [-0.2, 0) is 11.3 Å². The quantitative estimate of drug-likeness (QED) is 0.499. The number of nitrogens with two attached hydrogens (primary N) is 1. The molecule has 0 spiro atoms. The Morgan fingerprint density at radius 3 is 3.10 bits per heavy atom. The van der Waals surface area contributed by atoms with Crippen molar-refractivity contribution in [2.24, 2.45) is 5.84 Å². The van der Waals surface area contributed by atoms with Crippen molar-refractivity contribution in [3.8, 4) is 0 Å². The third kappa shape index (κ3) is 2.97. The summed E-state index contributed by atoms with van der Waals surface area (Å²) in [6.07, 6.45) is 5.21. The Kier molecular flexibility index (Phi) is 4.28. The van der Waals surface area contributed by atoms with Crippen molar-refractivity contribution in [3.63, 3.8) is 0 Å². The molecule has 1 aliphatic carbocycles. The number of morpholine rings is 1. The Hall–Kier alpha value is -1.37. The molecule has 3 N–H and O–H groups in total.